The zero-order chi connectivity index (χ0) is 13.7. The van der Waals surface area contributed by atoms with Crippen LogP contribution < -0.4 is 10.1 Å². The van der Waals surface area contributed by atoms with E-state index in [1.54, 1.807) is 18.4 Å². The Bertz CT molecular complexity index is 568. The van der Waals surface area contributed by atoms with Gasteiger partial charge in [0.1, 0.15) is 5.75 Å². The van der Waals surface area contributed by atoms with E-state index in [2.05, 4.69) is 27.9 Å². The maximum Gasteiger partial charge on any atom is 0.252 e. The Balaban J connectivity index is 1.84. The van der Waals surface area contributed by atoms with Crippen LogP contribution in [-0.2, 0) is 6.42 Å². The number of carbonyl (C=O) groups is 1. The summed E-state index contributed by atoms with van der Waals surface area (Å²) in [4.78, 5) is 11.8. The number of hydrogen-bond acceptors (Lipinski definition) is 3. The Labute approximate surface area is 130 Å². The highest BCUT2D eigenvalue weighted by molar-refractivity contribution is 14.1. The lowest BCUT2D eigenvalue weighted by Crippen LogP contribution is -2.25. The third kappa shape index (κ3) is 4.21. The van der Waals surface area contributed by atoms with Crippen LogP contribution in [0.2, 0.25) is 0 Å². The Morgan fingerprint density at radius 2 is 2.26 bits per heavy atom. The van der Waals surface area contributed by atoms with Crippen molar-refractivity contribution in [3.63, 3.8) is 0 Å². The quantitative estimate of drug-likeness (QED) is 0.800. The zero-order valence-electron chi connectivity index (χ0n) is 10.5. The first-order chi connectivity index (χ1) is 9.19. The zero-order valence-corrected chi connectivity index (χ0v) is 13.5. The van der Waals surface area contributed by atoms with Crippen LogP contribution in [0.3, 0.4) is 0 Å². The van der Waals surface area contributed by atoms with Gasteiger partial charge in [0.05, 0.1) is 15.6 Å². The molecule has 19 heavy (non-hydrogen) atoms. The van der Waals surface area contributed by atoms with E-state index < -0.39 is 0 Å². The topological polar surface area (TPSA) is 38.3 Å². The minimum atomic E-state index is -0.0120. The average Bonchev–Trinajstić information content (AvgIpc) is 2.86. The van der Waals surface area contributed by atoms with Crippen molar-refractivity contribution in [1.82, 2.24) is 5.32 Å². The minimum Gasteiger partial charge on any atom is -0.497 e. The van der Waals surface area contributed by atoms with Gasteiger partial charge in [0.2, 0.25) is 0 Å². The Morgan fingerprint density at radius 1 is 1.42 bits per heavy atom. The molecule has 0 unspecified atom stereocenters. The molecule has 0 aliphatic rings. The number of nitrogens with one attached hydrogen (secondary N) is 1. The largest absolute Gasteiger partial charge is 0.497 e. The Kier molecular flexibility index (Phi) is 5.21. The fraction of sp³-hybridized carbons (Fsp3) is 0.214. The number of thiophene rings is 1. The summed E-state index contributed by atoms with van der Waals surface area (Å²) < 4.78 is 6.29. The van der Waals surface area contributed by atoms with Crippen molar-refractivity contribution in [2.45, 2.75) is 6.42 Å². The molecule has 2 aromatic rings. The van der Waals surface area contributed by atoms with Gasteiger partial charge in [-0.05, 0) is 52.8 Å². The van der Waals surface area contributed by atoms with Crippen LogP contribution in [0.4, 0.5) is 0 Å². The fourth-order valence-electron chi connectivity index (χ4n) is 1.68. The van der Waals surface area contributed by atoms with Gasteiger partial charge in [-0.25, -0.2) is 0 Å². The first-order valence-corrected chi connectivity index (χ1v) is 7.80. The van der Waals surface area contributed by atoms with E-state index in [4.69, 9.17) is 4.74 Å². The van der Waals surface area contributed by atoms with Gasteiger partial charge < -0.3 is 10.1 Å². The highest BCUT2D eigenvalue weighted by Crippen LogP contribution is 2.16. The van der Waals surface area contributed by atoms with E-state index in [9.17, 15) is 4.79 Å². The first kappa shape index (κ1) is 14.3. The van der Waals surface area contributed by atoms with Crippen LogP contribution in [0, 0.1) is 2.88 Å². The molecule has 1 amide bonds. The molecule has 0 saturated carbocycles. The summed E-state index contributed by atoms with van der Waals surface area (Å²) in [6, 6.07) is 9.78. The lowest BCUT2D eigenvalue weighted by Gasteiger charge is -2.06. The molecular formula is C14H14INO2S. The van der Waals surface area contributed by atoms with Crippen molar-refractivity contribution < 1.29 is 9.53 Å². The number of hydrogen-bond donors (Lipinski definition) is 1. The van der Waals surface area contributed by atoms with E-state index >= 15 is 0 Å². The van der Waals surface area contributed by atoms with Crippen LogP contribution in [0.1, 0.15) is 15.9 Å². The Morgan fingerprint density at radius 3 is 2.95 bits per heavy atom. The molecule has 100 valence electrons. The van der Waals surface area contributed by atoms with E-state index in [1.807, 2.05) is 35.7 Å². The predicted molar refractivity (Wildman–Crippen MR) is 86.1 cm³/mol. The summed E-state index contributed by atoms with van der Waals surface area (Å²) in [5.74, 6) is 0.832. The number of carbonyl (C=O) groups excluding carboxylic acids is 1. The number of methoxy groups -OCH3 is 1. The van der Waals surface area contributed by atoms with Crippen LogP contribution in [-0.4, -0.2) is 19.6 Å². The fourth-order valence-corrected chi connectivity index (χ4v) is 3.01. The predicted octanol–water partition coefficient (Wildman–Crippen LogP) is 3.33. The summed E-state index contributed by atoms with van der Waals surface area (Å²) >= 11 is 3.79. The van der Waals surface area contributed by atoms with Crippen molar-refractivity contribution in [3.8, 4) is 5.75 Å². The summed E-state index contributed by atoms with van der Waals surface area (Å²) in [7, 11) is 1.65. The maximum atomic E-state index is 11.8. The van der Waals surface area contributed by atoms with E-state index in [-0.39, 0.29) is 5.91 Å². The highest BCUT2D eigenvalue weighted by atomic mass is 127. The molecule has 0 aliphatic heterocycles. The normalized spacial score (nSPS) is 10.2. The molecular weight excluding hydrogens is 373 g/mol. The van der Waals surface area contributed by atoms with Gasteiger partial charge in [-0.3, -0.25) is 4.79 Å². The van der Waals surface area contributed by atoms with Gasteiger partial charge in [0.15, 0.2) is 0 Å². The number of ether oxygens (including phenoxy) is 1. The van der Waals surface area contributed by atoms with Crippen LogP contribution in [0.25, 0.3) is 0 Å². The van der Waals surface area contributed by atoms with Gasteiger partial charge in [0.25, 0.3) is 5.91 Å². The summed E-state index contributed by atoms with van der Waals surface area (Å²) in [5, 5.41) is 4.80. The van der Waals surface area contributed by atoms with Gasteiger partial charge >= 0.3 is 0 Å². The molecule has 1 N–H and O–H groups in total. The molecule has 0 radical (unpaired) electrons. The molecule has 0 aliphatic carbocycles. The average molecular weight is 387 g/mol. The van der Waals surface area contributed by atoms with Crippen LogP contribution in [0.15, 0.2) is 35.7 Å². The van der Waals surface area contributed by atoms with Gasteiger partial charge in [-0.15, -0.1) is 11.3 Å². The first-order valence-electron chi connectivity index (χ1n) is 5.84. The molecule has 3 nitrogen and oxygen atoms in total. The molecule has 0 saturated heterocycles. The third-order valence-electron chi connectivity index (χ3n) is 2.66. The SMILES string of the molecule is COc1cccc(CCNC(=O)c2csc(I)c2)c1. The highest BCUT2D eigenvalue weighted by Gasteiger charge is 2.07. The second-order valence-electron chi connectivity index (χ2n) is 4.00. The molecule has 2 rings (SSSR count). The second kappa shape index (κ2) is 6.91. The summed E-state index contributed by atoms with van der Waals surface area (Å²) in [5.41, 5.74) is 1.89. The maximum absolute atomic E-state index is 11.8. The number of rotatable bonds is 5. The van der Waals surface area contributed by atoms with E-state index in [0.717, 1.165) is 26.2 Å². The summed E-state index contributed by atoms with van der Waals surface area (Å²) in [6.45, 7) is 0.623. The third-order valence-corrected chi connectivity index (χ3v) is 4.45. The van der Waals surface area contributed by atoms with Gasteiger partial charge in [-0.2, -0.15) is 0 Å². The number of amides is 1. The molecule has 0 spiro atoms. The van der Waals surface area contributed by atoms with Crippen molar-refractivity contribution >= 4 is 39.8 Å². The monoisotopic (exact) mass is 387 g/mol. The van der Waals surface area contributed by atoms with Crippen molar-refractivity contribution in [1.29, 1.82) is 0 Å². The minimum absolute atomic E-state index is 0.0120. The second-order valence-corrected chi connectivity index (χ2v) is 6.80. The molecule has 5 heteroatoms. The molecule has 1 aromatic carbocycles. The molecule has 0 bridgehead atoms. The lowest BCUT2D eigenvalue weighted by atomic mass is 10.1. The van der Waals surface area contributed by atoms with E-state index in [0.29, 0.717) is 6.54 Å². The van der Waals surface area contributed by atoms with Gasteiger partial charge in [0, 0.05) is 11.9 Å². The molecule has 1 aromatic heterocycles. The smallest absolute Gasteiger partial charge is 0.252 e. The van der Waals surface area contributed by atoms with Crippen molar-refractivity contribution in [2.24, 2.45) is 0 Å². The van der Waals surface area contributed by atoms with Crippen LogP contribution >= 0.6 is 33.9 Å². The van der Waals surface area contributed by atoms with Gasteiger partial charge in [-0.1, -0.05) is 12.1 Å². The molecule has 0 fully saturated rings. The summed E-state index contributed by atoms with van der Waals surface area (Å²) in [6.07, 6.45) is 0.796. The lowest BCUT2D eigenvalue weighted by molar-refractivity contribution is 0.0954. The van der Waals surface area contributed by atoms with Crippen molar-refractivity contribution in [2.75, 3.05) is 13.7 Å². The molecule has 1 heterocycles. The van der Waals surface area contributed by atoms with Crippen molar-refractivity contribution in [3.05, 3.63) is 49.7 Å². The van der Waals surface area contributed by atoms with E-state index in [1.165, 1.54) is 0 Å². The van der Waals surface area contributed by atoms with Crippen LogP contribution in [0.5, 0.6) is 5.75 Å². The number of benzene rings is 1. The molecule has 0 atom stereocenters. The number of halogens is 1. The Hall–Kier alpha value is -1.08. The standard InChI is InChI=1S/C14H14INO2S/c1-18-12-4-2-3-10(7-12)5-6-16-14(17)11-8-13(15)19-9-11/h2-4,7-9H,5-6H2,1H3,(H,16,17).